The first-order valence-corrected chi connectivity index (χ1v) is 8.24. The zero-order valence-corrected chi connectivity index (χ0v) is 14.8. The van der Waals surface area contributed by atoms with Gasteiger partial charge in [-0.25, -0.2) is 19.0 Å². The third kappa shape index (κ3) is 3.42. The number of fused-ring (bicyclic) bond motifs is 1. The molecule has 148 valence electrons. The molecule has 0 atom stereocenters. The predicted octanol–water partition coefficient (Wildman–Crippen LogP) is 3.37. The molecule has 4 aromatic rings. The summed E-state index contributed by atoms with van der Waals surface area (Å²) in [6, 6.07) is 7.00. The maximum absolute atomic E-state index is 13.5. The number of benzene rings is 1. The highest BCUT2D eigenvalue weighted by Gasteiger charge is 2.35. The average Bonchev–Trinajstić information content (AvgIpc) is 3.25. The van der Waals surface area contributed by atoms with Crippen molar-refractivity contribution in [1.82, 2.24) is 24.4 Å². The molecule has 4 rings (SSSR count). The molecule has 0 radical (unpaired) electrons. The summed E-state index contributed by atoms with van der Waals surface area (Å²) in [5.74, 6) is -1.94. The van der Waals surface area contributed by atoms with Crippen LogP contribution in [0.4, 0.5) is 17.6 Å². The normalized spacial score (nSPS) is 11.8. The first kappa shape index (κ1) is 18.6. The van der Waals surface area contributed by atoms with Crippen LogP contribution in [0.2, 0.25) is 0 Å². The van der Waals surface area contributed by atoms with Crippen LogP contribution in [0.15, 0.2) is 48.9 Å². The molecule has 0 saturated heterocycles. The van der Waals surface area contributed by atoms with E-state index in [0.29, 0.717) is 11.5 Å². The van der Waals surface area contributed by atoms with Crippen LogP contribution < -0.4 is 5.43 Å². The molecule has 0 bridgehead atoms. The van der Waals surface area contributed by atoms with Crippen LogP contribution in [0.5, 0.6) is 0 Å². The van der Waals surface area contributed by atoms with Gasteiger partial charge in [-0.2, -0.15) is 13.2 Å². The summed E-state index contributed by atoms with van der Waals surface area (Å²) < 4.78 is 56.5. The number of pyridine rings is 1. The summed E-state index contributed by atoms with van der Waals surface area (Å²) in [4.78, 5) is 20.5. The predicted molar refractivity (Wildman–Crippen MR) is 94.8 cm³/mol. The maximum atomic E-state index is 13.5. The molecule has 0 fully saturated rings. The number of carbonyl (C=O) groups is 1. The molecule has 3 aromatic heterocycles. The molecule has 1 aromatic carbocycles. The molecule has 7 nitrogen and oxygen atoms in total. The summed E-state index contributed by atoms with van der Waals surface area (Å²) in [5.41, 5.74) is 1.18. The second kappa shape index (κ2) is 6.69. The van der Waals surface area contributed by atoms with Crippen molar-refractivity contribution in [2.75, 3.05) is 5.43 Å². The number of amides is 1. The van der Waals surface area contributed by atoms with Crippen molar-refractivity contribution >= 4 is 16.9 Å². The van der Waals surface area contributed by atoms with Crippen LogP contribution in [0.3, 0.4) is 0 Å². The highest BCUT2D eigenvalue weighted by molar-refractivity contribution is 5.99. The molecule has 0 saturated carbocycles. The van der Waals surface area contributed by atoms with Crippen molar-refractivity contribution in [3.63, 3.8) is 0 Å². The summed E-state index contributed by atoms with van der Waals surface area (Å²) in [6.45, 7) is 0. The van der Waals surface area contributed by atoms with E-state index in [1.165, 1.54) is 23.3 Å². The number of hydrogen-bond donors (Lipinski definition) is 1. The highest BCUT2D eigenvalue weighted by atomic mass is 19.4. The fraction of sp³-hybridized carbons (Fsp3) is 0.111. The van der Waals surface area contributed by atoms with E-state index in [9.17, 15) is 22.4 Å². The Balaban J connectivity index is 1.90. The monoisotopic (exact) mass is 404 g/mol. The van der Waals surface area contributed by atoms with Gasteiger partial charge in [0.1, 0.15) is 12.1 Å². The van der Waals surface area contributed by atoms with Gasteiger partial charge in [-0.1, -0.05) is 0 Å². The third-order valence-corrected chi connectivity index (χ3v) is 4.14. The van der Waals surface area contributed by atoms with Gasteiger partial charge in [0.05, 0.1) is 11.3 Å². The van der Waals surface area contributed by atoms with E-state index >= 15 is 0 Å². The summed E-state index contributed by atoms with van der Waals surface area (Å²) in [7, 11) is 1.57. The van der Waals surface area contributed by atoms with Crippen LogP contribution in [0, 0.1) is 5.82 Å². The Morgan fingerprint density at radius 3 is 2.62 bits per heavy atom. The average molecular weight is 404 g/mol. The Morgan fingerprint density at radius 2 is 1.93 bits per heavy atom. The number of alkyl halides is 3. The molecule has 0 aliphatic rings. The van der Waals surface area contributed by atoms with E-state index < -0.39 is 23.5 Å². The summed E-state index contributed by atoms with van der Waals surface area (Å²) in [5, 5.41) is 4.35. The number of rotatable bonds is 3. The van der Waals surface area contributed by atoms with E-state index in [0.717, 1.165) is 16.8 Å². The van der Waals surface area contributed by atoms with Crippen molar-refractivity contribution in [3.05, 3.63) is 66.1 Å². The molecular weight excluding hydrogens is 392 g/mol. The SMILES string of the molecule is Cn1cnc(C(=O)Nn2c(-c3ccc(F)cc3C(F)(F)F)cc3cccnc32)n1. The van der Waals surface area contributed by atoms with Gasteiger partial charge in [-0.15, -0.1) is 5.10 Å². The molecule has 29 heavy (non-hydrogen) atoms. The van der Waals surface area contributed by atoms with E-state index in [-0.39, 0.29) is 22.7 Å². The van der Waals surface area contributed by atoms with Gasteiger partial charge < -0.3 is 0 Å². The minimum atomic E-state index is -4.81. The second-order valence-corrected chi connectivity index (χ2v) is 6.15. The summed E-state index contributed by atoms with van der Waals surface area (Å²) in [6.07, 6.45) is -2.06. The largest absolute Gasteiger partial charge is 0.417 e. The quantitative estimate of drug-likeness (QED) is 0.531. The van der Waals surface area contributed by atoms with Crippen molar-refractivity contribution in [1.29, 1.82) is 0 Å². The first-order chi connectivity index (χ1) is 13.7. The molecule has 1 N–H and O–H groups in total. The molecule has 1 amide bonds. The van der Waals surface area contributed by atoms with Gasteiger partial charge in [-0.05, 0) is 36.4 Å². The Hall–Kier alpha value is -3.76. The Labute approximate surface area is 160 Å². The summed E-state index contributed by atoms with van der Waals surface area (Å²) >= 11 is 0. The number of aryl methyl sites for hydroxylation is 1. The van der Waals surface area contributed by atoms with Gasteiger partial charge in [-0.3, -0.25) is 14.9 Å². The lowest BCUT2D eigenvalue weighted by molar-refractivity contribution is -0.137. The lowest BCUT2D eigenvalue weighted by Crippen LogP contribution is -2.25. The highest BCUT2D eigenvalue weighted by Crippen LogP contribution is 2.38. The number of hydrogen-bond acceptors (Lipinski definition) is 4. The minimum Gasteiger partial charge on any atom is -0.264 e. The van der Waals surface area contributed by atoms with E-state index in [4.69, 9.17) is 0 Å². The standard InChI is InChI=1S/C18H12F4N6O/c1-27-9-24-15(25-27)17(29)26-28-14(7-10-3-2-6-23-16(10)28)12-5-4-11(19)8-13(12)18(20,21)22/h2-9H,1H3,(H,26,29). The van der Waals surface area contributed by atoms with Crippen LogP contribution in [-0.2, 0) is 13.2 Å². The van der Waals surface area contributed by atoms with E-state index in [1.807, 2.05) is 0 Å². The number of carbonyl (C=O) groups excluding carboxylic acids is 1. The topological polar surface area (TPSA) is 77.6 Å². The van der Waals surface area contributed by atoms with Crippen LogP contribution in [-0.4, -0.2) is 30.3 Å². The molecule has 11 heteroatoms. The first-order valence-electron chi connectivity index (χ1n) is 8.24. The molecule has 0 aliphatic heterocycles. The number of aromatic nitrogens is 5. The fourth-order valence-corrected chi connectivity index (χ4v) is 2.92. The van der Waals surface area contributed by atoms with Gasteiger partial charge in [0.2, 0.25) is 5.82 Å². The Kier molecular flexibility index (Phi) is 4.29. The van der Waals surface area contributed by atoms with Crippen LogP contribution >= 0.6 is 0 Å². The fourth-order valence-electron chi connectivity index (χ4n) is 2.92. The molecule has 0 spiro atoms. The van der Waals surface area contributed by atoms with Crippen LogP contribution in [0.1, 0.15) is 16.2 Å². The third-order valence-electron chi connectivity index (χ3n) is 4.14. The number of nitrogens with one attached hydrogen (secondary N) is 1. The second-order valence-electron chi connectivity index (χ2n) is 6.15. The van der Waals surface area contributed by atoms with Crippen molar-refractivity contribution in [3.8, 4) is 11.3 Å². The van der Waals surface area contributed by atoms with Crippen molar-refractivity contribution in [2.24, 2.45) is 7.05 Å². The molecule has 3 heterocycles. The van der Waals surface area contributed by atoms with Gasteiger partial charge in [0.25, 0.3) is 0 Å². The molecule has 0 aliphatic carbocycles. The number of nitrogens with zero attached hydrogens (tertiary/aromatic N) is 5. The molecular formula is C18H12F4N6O. The maximum Gasteiger partial charge on any atom is 0.417 e. The number of halogens is 4. The molecule has 0 unspecified atom stereocenters. The van der Waals surface area contributed by atoms with Crippen molar-refractivity contribution in [2.45, 2.75) is 6.18 Å². The lowest BCUT2D eigenvalue weighted by atomic mass is 10.0. The van der Waals surface area contributed by atoms with Gasteiger partial charge >= 0.3 is 12.1 Å². The van der Waals surface area contributed by atoms with Gasteiger partial charge in [0.15, 0.2) is 5.65 Å². The zero-order chi connectivity index (χ0) is 20.8. The Morgan fingerprint density at radius 1 is 1.14 bits per heavy atom. The van der Waals surface area contributed by atoms with Crippen LogP contribution in [0.25, 0.3) is 22.3 Å². The lowest BCUT2D eigenvalue weighted by Gasteiger charge is -2.15. The zero-order valence-electron chi connectivity index (χ0n) is 14.8. The smallest absolute Gasteiger partial charge is 0.264 e. The van der Waals surface area contributed by atoms with E-state index in [2.05, 4.69) is 20.5 Å². The van der Waals surface area contributed by atoms with E-state index in [1.54, 1.807) is 19.2 Å². The van der Waals surface area contributed by atoms with Crippen molar-refractivity contribution < 1.29 is 22.4 Å². The minimum absolute atomic E-state index is 0.0182. The van der Waals surface area contributed by atoms with Gasteiger partial charge in [0, 0.05) is 24.2 Å². The Bertz CT molecular complexity index is 1230.